The monoisotopic (exact) mass is 431 g/mol. The van der Waals surface area contributed by atoms with Gasteiger partial charge in [0.1, 0.15) is 5.60 Å². The molecule has 6 heteroatoms. The summed E-state index contributed by atoms with van der Waals surface area (Å²) in [5.41, 5.74) is 10.6. The second-order valence-corrected chi connectivity index (χ2v) is 8.74. The third-order valence-corrected chi connectivity index (χ3v) is 4.93. The lowest BCUT2D eigenvalue weighted by molar-refractivity contribution is 0.00694. The number of esters is 1. The van der Waals surface area contributed by atoms with Crippen molar-refractivity contribution in [1.82, 2.24) is 4.98 Å². The molecule has 0 saturated heterocycles. The molecule has 3 aromatic rings. The van der Waals surface area contributed by atoms with Crippen molar-refractivity contribution >= 4 is 17.6 Å². The van der Waals surface area contributed by atoms with E-state index in [-0.39, 0.29) is 5.97 Å². The number of nitrogens with two attached hydrogens (primary N) is 1. The highest BCUT2D eigenvalue weighted by molar-refractivity contribution is 5.98. The molecule has 0 saturated carbocycles. The summed E-state index contributed by atoms with van der Waals surface area (Å²) in [6.45, 7) is 8.13. The quantitative estimate of drug-likeness (QED) is 0.531. The molecule has 32 heavy (non-hydrogen) atoms. The third-order valence-electron chi connectivity index (χ3n) is 4.93. The number of carbonyl (C=O) groups excluding carboxylic acids is 2. The molecule has 2 aromatic carbocycles. The average Bonchev–Trinajstić information content (AvgIpc) is 2.72. The van der Waals surface area contributed by atoms with Crippen LogP contribution in [0.2, 0.25) is 0 Å². The molecule has 3 rings (SSSR count). The van der Waals surface area contributed by atoms with Gasteiger partial charge in [-0.1, -0.05) is 36.4 Å². The van der Waals surface area contributed by atoms with E-state index in [0.717, 1.165) is 16.8 Å². The highest BCUT2D eigenvalue weighted by atomic mass is 16.6. The molecule has 0 bridgehead atoms. The molecule has 1 heterocycles. The number of hydrogen-bond donors (Lipinski definition) is 2. The SMILES string of the molecule is Cc1ccccc1CNc1cc(Cc2ccc(C(=O)OC(C)(C)C)cc2)ncc1C(N)=O. The van der Waals surface area contributed by atoms with E-state index >= 15 is 0 Å². The highest BCUT2D eigenvalue weighted by Gasteiger charge is 2.18. The summed E-state index contributed by atoms with van der Waals surface area (Å²) >= 11 is 0. The third kappa shape index (κ3) is 6.17. The van der Waals surface area contributed by atoms with Crippen LogP contribution >= 0.6 is 0 Å². The number of nitrogens with zero attached hydrogens (tertiary/aromatic N) is 1. The van der Waals surface area contributed by atoms with E-state index in [1.54, 1.807) is 12.1 Å². The second kappa shape index (κ2) is 9.64. The van der Waals surface area contributed by atoms with E-state index in [0.29, 0.717) is 29.8 Å². The van der Waals surface area contributed by atoms with Crippen molar-refractivity contribution in [3.63, 3.8) is 0 Å². The van der Waals surface area contributed by atoms with Crippen LogP contribution < -0.4 is 11.1 Å². The van der Waals surface area contributed by atoms with Crippen molar-refractivity contribution in [2.75, 3.05) is 5.32 Å². The Morgan fingerprint density at radius 3 is 2.38 bits per heavy atom. The summed E-state index contributed by atoms with van der Waals surface area (Å²) in [5.74, 6) is -0.881. The number of primary amides is 1. The van der Waals surface area contributed by atoms with Crippen molar-refractivity contribution in [3.8, 4) is 0 Å². The van der Waals surface area contributed by atoms with Crippen LogP contribution in [0, 0.1) is 6.92 Å². The molecule has 3 N–H and O–H groups in total. The van der Waals surface area contributed by atoms with Gasteiger partial charge in [0.05, 0.1) is 16.8 Å². The Morgan fingerprint density at radius 1 is 1.06 bits per heavy atom. The molecular formula is C26H29N3O3. The Hall–Kier alpha value is -3.67. The van der Waals surface area contributed by atoms with E-state index in [9.17, 15) is 9.59 Å². The van der Waals surface area contributed by atoms with E-state index in [4.69, 9.17) is 10.5 Å². The largest absolute Gasteiger partial charge is 0.456 e. The summed E-state index contributed by atoms with van der Waals surface area (Å²) in [5, 5.41) is 3.32. The lowest BCUT2D eigenvalue weighted by atomic mass is 10.0. The number of hydrogen-bond acceptors (Lipinski definition) is 5. The molecule has 0 aliphatic carbocycles. The topological polar surface area (TPSA) is 94.3 Å². The first-order valence-corrected chi connectivity index (χ1v) is 10.5. The molecule has 0 spiro atoms. The minimum Gasteiger partial charge on any atom is -0.456 e. The molecule has 166 valence electrons. The van der Waals surface area contributed by atoms with Crippen molar-refractivity contribution in [1.29, 1.82) is 0 Å². The molecule has 0 fully saturated rings. The van der Waals surface area contributed by atoms with Crippen LogP contribution in [-0.4, -0.2) is 22.5 Å². The Bertz CT molecular complexity index is 1120. The lowest BCUT2D eigenvalue weighted by Gasteiger charge is -2.19. The molecule has 0 atom stereocenters. The zero-order valence-electron chi connectivity index (χ0n) is 18.9. The number of aryl methyl sites for hydroxylation is 1. The van der Waals surface area contributed by atoms with Crippen LogP contribution in [0.4, 0.5) is 5.69 Å². The number of aromatic nitrogens is 1. The molecule has 6 nitrogen and oxygen atoms in total. The van der Waals surface area contributed by atoms with Gasteiger partial charge in [-0.25, -0.2) is 4.79 Å². The van der Waals surface area contributed by atoms with E-state index in [1.165, 1.54) is 11.8 Å². The first-order chi connectivity index (χ1) is 15.1. The van der Waals surface area contributed by atoms with Crippen LogP contribution in [0.3, 0.4) is 0 Å². The van der Waals surface area contributed by atoms with Crippen LogP contribution in [0.1, 0.15) is 63.9 Å². The lowest BCUT2D eigenvalue weighted by Crippen LogP contribution is -2.23. The van der Waals surface area contributed by atoms with Gasteiger partial charge in [0, 0.05) is 24.9 Å². The van der Waals surface area contributed by atoms with E-state index in [2.05, 4.69) is 10.3 Å². The van der Waals surface area contributed by atoms with E-state index < -0.39 is 11.5 Å². The number of rotatable bonds is 7. The first kappa shape index (κ1) is 23.0. The predicted octanol–water partition coefficient (Wildman–Crippen LogP) is 4.65. The summed E-state index contributed by atoms with van der Waals surface area (Å²) in [4.78, 5) is 28.5. The molecule has 0 unspecified atom stereocenters. The van der Waals surface area contributed by atoms with Gasteiger partial charge in [-0.15, -0.1) is 0 Å². The number of carbonyl (C=O) groups is 2. The first-order valence-electron chi connectivity index (χ1n) is 10.5. The smallest absolute Gasteiger partial charge is 0.338 e. The van der Waals surface area contributed by atoms with Gasteiger partial charge in [-0.2, -0.15) is 0 Å². The fourth-order valence-corrected chi connectivity index (χ4v) is 3.24. The molecule has 1 aromatic heterocycles. The Balaban J connectivity index is 1.75. The van der Waals surface area contributed by atoms with Gasteiger partial charge in [0.15, 0.2) is 0 Å². The van der Waals surface area contributed by atoms with Gasteiger partial charge in [-0.3, -0.25) is 9.78 Å². The molecule has 1 amide bonds. The number of benzene rings is 2. The standard InChI is InChI=1S/C26H29N3O3/c1-17-7-5-6-8-20(17)15-29-23-14-21(28-16-22(23)24(27)30)13-18-9-11-19(12-10-18)25(31)32-26(2,3)4/h5-12,14,16H,13,15H2,1-4H3,(H2,27,30)(H,28,29). The van der Waals surface area contributed by atoms with Crippen LogP contribution in [0.15, 0.2) is 60.8 Å². The Kier molecular flexibility index (Phi) is 6.93. The van der Waals surface area contributed by atoms with Crippen molar-refractivity contribution in [2.45, 2.75) is 46.3 Å². The zero-order chi connectivity index (χ0) is 23.3. The number of anilines is 1. The van der Waals surface area contributed by atoms with Crippen molar-refractivity contribution in [2.24, 2.45) is 5.73 Å². The molecule has 0 aliphatic rings. The molecular weight excluding hydrogens is 402 g/mol. The fourth-order valence-electron chi connectivity index (χ4n) is 3.24. The van der Waals surface area contributed by atoms with E-state index in [1.807, 2.05) is 70.2 Å². The molecule has 0 radical (unpaired) electrons. The fraction of sp³-hybridized carbons (Fsp3) is 0.269. The van der Waals surface area contributed by atoms with Crippen LogP contribution in [-0.2, 0) is 17.7 Å². The van der Waals surface area contributed by atoms with Crippen molar-refractivity contribution < 1.29 is 14.3 Å². The number of pyridine rings is 1. The Labute approximate surface area is 188 Å². The van der Waals surface area contributed by atoms with Gasteiger partial charge in [0.2, 0.25) is 0 Å². The summed E-state index contributed by atoms with van der Waals surface area (Å²) in [6, 6.07) is 17.2. The minimum atomic E-state index is -0.538. The van der Waals surface area contributed by atoms with Gasteiger partial charge >= 0.3 is 5.97 Å². The summed E-state index contributed by atoms with van der Waals surface area (Å²) in [6.07, 6.45) is 2.06. The number of nitrogens with one attached hydrogen (secondary N) is 1. The number of amides is 1. The van der Waals surface area contributed by atoms with Crippen LogP contribution in [0.25, 0.3) is 0 Å². The predicted molar refractivity (Wildman–Crippen MR) is 126 cm³/mol. The van der Waals surface area contributed by atoms with Gasteiger partial charge in [0.25, 0.3) is 5.91 Å². The number of ether oxygens (including phenoxy) is 1. The summed E-state index contributed by atoms with van der Waals surface area (Å²) < 4.78 is 5.40. The van der Waals surface area contributed by atoms with Crippen LogP contribution in [0.5, 0.6) is 0 Å². The zero-order valence-corrected chi connectivity index (χ0v) is 18.9. The maximum absolute atomic E-state index is 12.2. The normalized spacial score (nSPS) is 11.1. The highest BCUT2D eigenvalue weighted by Crippen LogP contribution is 2.20. The average molecular weight is 432 g/mol. The molecule has 0 aliphatic heterocycles. The maximum atomic E-state index is 12.2. The van der Waals surface area contributed by atoms with Gasteiger partial charge in [-0.05, 0) is 62.6 Å². The summed E-state index contributed by atoms with van der Waals surface area (Å²) in [7, 11) is 0. The minimum absolute atomic E-state index is 0.350. The van der Waals surface area contributed by atoms with Crippen molar-refractivity contribution in [3.05, 3.63) is 94.3 Å². The second-order valence-electron chi connectivity index (χ2n) is 8.74. The van der Waals surface area contributed by atoms with Gasteiger partial charge < -0.3 is 15.8 Å². The Morgan fingerprint density at radius 2 is 1.75 bits per heavy atom. The maximum Gasteiger partial charge on any atom is 0.338 e.